The van der Waals surface area contributed by atoms with Gasteiger partial charge in [0.1, 0.15) is 0 Å². The molecule has 1 atom stereocenters. The van der Waals surface area contributed by atoms with Crippen molar-refractivity contribution in [3.05, 3.63) is 68.7 Å². The van der Waals surface area contributed by atoms with Crippen molar-refractivity contribution < 1.29 is 8.78 Å². The van der Waals surface area contributed by atoms with Crippen LogP contribution in [0.3, 0.4) is 0 Å². The highest BCUT2D eigenvalue weighted by atomic mass is 79.9. The van der Waals surface area contributed by atoms with Crippen molar-refractivity contribution in [3.8, 4) is 0 Å². The molecule has 2 N–H and O–H groups in total. The van der Waals surface area contributed by atoms with Crippen molar-refractivity contribution in [2.45, 2.75) is 6.04 Å². The average Bonchev–Trinajstić information content (AvgIpc) is 2.33. The van der Waals surface area contributed by atoms with Crippen LogP contribution in [0, 0.1) is 11.6 Å². The molecule has 0 aliphatic heterocycles. The van der Waals surface area contributed by atoms with E-state index < -0.39 is 17.7 Å². The Hall–Kier alpha value is -0.970. The van der Waals surface area contributed by atoms with E-state index in [1.807, 2.05) is 18.2 Å². The first-order valence-electron chi connectivity index (χ1n) is 5.14. The van der Waals surface area contributed by atoms with E-state index in [1.54, 1.807) is 6.07 Å². The molecule has 0 fully saturated rings. The number of nitrogens with two attached hydrogens (primary N) is 1. The summed E-state index contributed by atoms with van der Waals surface area (Å²) in [6.45, 7) is 0. The second-order valence-corrected chi connectivity index (χ2v) is 5.14. The first-order valence-corrected chi connectivity index (χ1v) is 6.31. The van der Waals surface area contributed by atoms with Crippen LogP contribution >= 0.6 is 27.5 Å². The molecule has 2 rings (SSSR count). The zero-order valence-electron chi connectivity index (χ0n) is 9.13. The number of rotatable bonds is 2. The highest BCUT2D eigenvalue weighted by Crippen LogP contribution is 2.29. The number of hydrogen-bond acceptors (Lipinski definition) is 1. The van der Waals surface area contributed by atoms with E-state index in [0.29, 0.717) is 5.56 Å². The molecule has 0 aliphatic rings. The number of halogens is 4. The van der Waals surface area contributed by atoms with Crippen molar-refractivity contribution in [3.63, 3.8) is 0 Å². The molecule has 0 aliphatic carbocycles. The summed E-state index contributed by atoms with van der Waals surface area (Å²) in [6, 6.07) is 8.63. The second-order valence-electron chi connectivity index (χ2n) is 3.82. The van der Waals surface area contributed by atoms with Gasteiger partial charge in [-0.1, -0.05) is 39.7 Å². The van der Waals surface area contributed by atoms with Gasteiger partial charge in [-0.2, -0.15) is 0 Å². The molecule has 0 radical (unpaired) electrons. The van der Waals surface area contributed by atoms with Crippen molar-refractivity contribution in [1.29, 1.82) is 0 Å². The quantitative estimate of drug-likeness (QED) is 0.809. The Balaban J connectivity index is 2.46. The monoisotopic (exact) mass is 331 g/mol. The lowest BCUT2D eigenvalue weighted by molar-refractivity contribution is 0.506. The fourth-order valence-corrected chi connectivity index (χ4v) is 2.34. The summed E-state index contributed by atoms with van der Waals surface area (Å²) in [5.41, 5.74) is 7.13. The standard InChI is InChI=1S/C13H9BrClF2N/c14-8-3-1-2-7(4-8)13(18)9-5-11(16)12(17)6-10(9)15/h1-6,13H,18H2. The summed E-state index contributed by atoms with van der Waals surface area (Å²) in [5, 5.41) is 0.112. The van der Waals surface area contributed by atoms with Gasteiger partial charge in [0.15, 0.2) is 11.6 Å². The Morgan fingerprint density at radius 2 is 1.78 bits per heavy atom. The van der Waals surface area contributed by atoms with Crippen molar-refractivity contribution in [1.82, 2.24) is 0 Å². The van der Waals surface area contributed by atoms with Crippen LogP contribution in [0.5, 0.6) is 0 Å². The third-order valence-electron chi connectivity index (χ3n) is 2.58. The van der Waals surface area contributed by atoms with Crippen LogP contribution in [-0.4, -0.2) is 0 Å². The van der Waals surface area contributed by atoms with E-state index in [2.05, 4.69) is 15.9 Å². The lowest BCUT2D eigenvalue weighted by Crippen LogP contribution is -2.13. The van der Waals surface area contributed by atoms with Gasteiger partial charge in [0.2, 0.25) is 0 Å². The van der Waals surface area contributed by atoms with Crippen LogP contribution in [0.25, 0.3) is 0 Å². The van der Waals surface area contributed by atoms with Crippen molar-refractivity contribution in [2.75, 3.05) is 0 Å². The van der Waals surface area contributed by atoms with Gasteiger partial charge in [-0.25, -0.2) is 8.78 Å². The molecule has 0 heterocycles. The van der Waals surface area contributed by atoms with Crippen LogP contribution in [-0.2, 0) is 0 Å². The van der Waals surface area contributed by atoms with E-state index in [0.717, 1.165) is 22.2 Å². The maximum Gasteiger partial charge on any atom is 0.160 e. The minimum absolute atomic E-state index is 0.112. The maximum absolute atomic E-state index is 13.2. The summed E-state index contributed by atoms with van der Waals surface area (Å²) in [6.07, 6.45) is 0. The molecule has 0 spiro atoms. The molecule has 94 valence electrons. The molecule has 18 heavy (non-hydrogen) atoms. The highest BCUT2D eigenvalue weighted by molar-refractivity contribution is 9.10. The van der Waals surface area contributed by atoms with Gasteiger partial charge in [0.05, 0.1) is 6.04 Å². The van der Waals surface area contributed by atoms with Crippen molar-refractivity contribution in [2.24, 2.45) is 5.73 Å². The molecule has 5 heteroatoms. The maximum atomic E-state index is 13.2. The lowest BCUT2D eigenvalue weighted by atomic mass is 9.99. The molecule has 0 bridgehead atoms. The first-order chi connectivity index (χ1) is 8.49. The molecular weight excluding hydrogens is 324 g/mol. The van der Waals surface area contributed by atoms with Gasteiger partial charge >= 0.3 is 0 Å². The molecule has 0 saturated carbocycles. The van der Waals surface area contributed by atoms with Gasteiger partial charge in [0.25, 0.3) is 0 Å². The fraction of sp³-hybridized carbons (Fsp3) is 0.0769. The predicted octanol–water partition coefficient (Wildman–Crippen LogP) is 4.43. The summed E-state index contributed by atoms with van der Waals surface area (Å²) in [4.78, 5) is 0. The summed E-state index contributed by atoms with van der Waals surface area (Å²) in [5.74, 6) is -1.94. The van der Waals surface area contributed by atoms with Crippen LogP contribution in [0.4, 0.5) is 8.78 Å². The van der Waals surface area contributed by atoms with Crippen LogP contribution in [0.1, 0.15) is 17.2 Å². The summed E-state index contributed by atoms with van der Waals surface area (Å²) >= 11 is 9.21. The van der Waals surface area contributed by atoms with Crippen molar-refractivity contribution >= 4 is 27.5 Å². The largest absolute Gasteiger partial charge is 0.320 e. The van der Waals surface area contributed by atoms with Crippen LogP contribution < -0.4 is 5.73 Å². The molecule has 1 unspecified atom stereocenters. The fourth-order valence-electron chi connectivity index (χ4n) is 1.66. The molecule has 0 amide bonds. The lowest BCUT2D eigenvalue weighted by Gasteiger charge is -2.15. The number of benzene rings is 2. The predicted molar refractivity (Wildman–Crippen MR) is 71.5 cm³/mol. The highest BCUT2D eigenvalue weighted by Gasteiger charge is 2.16. The normalized spacial score (nSPS) is 12.5. The zero-order chi connectivity index (χ0) is 13.3. The van der Waals surface area contributed by atoms with Gasteiger partial charge in [-0.15, -0.1) is 0 Å². The Labute approximate surface area is 117 Å². The molecule has 0 saturated heterocycles. The second kappa shape index (κ2) is 5.34. The minimum atomic E-state index is -0.981. The van der Waals surface area contributed by atoms with E-state index >= 15 is 0 Å². The SMILES string of the molecule is NC(c1cccc(Br)c1)c1cc(F)c(F)cc1Cl. The Bertz CT molecular complexity index is 589. The van der Waals surface area contributed by atoms with Gasteiger partial charge in [0, 0.05) is 9.50 Å². The zero-order valence-corrected chi connectivity index (χ0v) is 11.5. The van der Waals surface area contributed by atoms with Gasteiger partial charge in [-0.05, 0) is 35.4 Å². The first kappa shape index (κ1) is 13.5. The van der Waals surface area contributed by atoms with Gasteiger partial charge < -0.3 is 5.73 Å². The smallest absolute Gasteiger partial charge is 0.160 e. The van der Waals surface area contributed by atoms with E-state index in [1.165, 1.54) is 0 Å². The third-order valence-corrected chi connectivity index (χ3v) is 3.40. The molecular formula is C13H9BrClF2N. The Morgan fingerprint density at radius 1 is 1.11 bits per heavy atom. The summed E-state index contributed by atoms with van der Waals surface area (Å²) in [7, 11) is 0. The molecule has 2 aromatic carbocycles. The average molecular weight is 333 g/mol. The van der Waals surface area contributed by atoms with E-state index in [4.69, 9.17) is 17.3 Å². The third kappa shape index (κ3) is 2.71. The van der Waals surface area contributed by atoms with Crippen LogP contribution in [0.15, 0.2) is 40.9 Å². The van der Waals surface area contributed by atoms with Crippen LogP contribution in [0.2, 0.25) is 5.02 Å². The Morgan fingerprint density at radius 3 is 2.44 bits per heavy atom. The summed E-state index contributed by atoms with van der Waals surface area (Å²) < 4.78 is 27.1. The van der Waals surface area contributed by atoms with Gasteiger partial charge in [-0.3, -0.25) is 0 Å². The Kier molecular flexibility index (Phi) is 4.00. The molecule has 1 nitrogen and oxygen atoms in total. The molecule has 2 aromatic rings. The number of hydrogen-bond donors (Lipinski definition) is 1. The molecule has 0 aromatic heterocycles. The van der Waals surface area contributed by atoms with E-state index in [9.17, 15) is 8.78 Å². The topological polar surface area (TPSA) is 26.0 Å². The minimum Gasteiger partial charge on any atom is -0.320 e. The van der Waals surface area contributed by atoms with E-state index in [-0.39, 0.29) is 5.02 Å².